The molecular formula is C49H89NO13. The molecule has 12 atom stereocenters. The van der Waals surface area contributed by atoms with Crippen LogP contribution in [0.15, 0.2) is 36.5 Å². The van der Waals surface area contributed by atoms with Crippen LogP contribution in [0.1, 0.15) is 174 Å². The third-order valence-corrected chi connectivity index (χ3v) is 12.0. The van der Waals surface area contributed by atoms with E-state index in [-0.39, 0.29) is 18.9 Å². The first-order chi connectivity index (χ1) is 30.6. The van der Waals surface area contributed by atoms with Gasteiger partial charge in [-0.05, 0) is 57.8 Å². The Balaban J connectivity index is 1.85. The second kappa shape index (κ2) is 36.3. The first kappa shape index (κ1) is 57.3. The molecule has 0 spiro atoms. The summed E-state index contributed by atoms with van der Waals surface area (Å²) in [5, 5.41) is 86.5. The van der Waals surface area contributed by atoms with Gasteiger partial charge in [-0.1, -0.05) is 147 Å². The maximum atomic E-state index is 13.1. The van der Waals surface area contributed by atoms with Crippen LogP contribution in [0, 0.1) is 0 Å². The number of hydrogen-bond donors (Lipinski definition) is 9. The molecular weight excluding hydrogens is 811 g/mol. The van der Waals surface area contributed by atoms with Crippen LogP contribution in [0.5, 0.6) is 0 Å². The van der Waals surface area contributed by atoms with Crippen molar-refractivity contribution in [2.75, 3.05) is 19.8 Å². The second-order valence-corrected chi connectivity index (χ2v) is 17.6. The Bertz CT molecular complexity index is 1200. The summed E-state index contributed by atoms with van der Waals surface area (Å²) in [5.74, 6) is -0.257. The zero-order valence-corrected chi connectivity index (χ0v) is 38.8. The minimum absolute atomic E-state index is 0.257. The van der Waals surface area contributed by atoms with Gasteiger partial charge in [0.15, 0.2) is 12.6 Å². The van der Waals surface area contributed by atoms with E-state index in [1.165, 1.54) is 103 Å². The second-order valence-electron chi connectivity index (χ2n) is 17.6. The molecule has 0 aliphatic carbocycles. The van der Waals surface area contributed by atoms with Crippen LogP contribution in [-0.4, -0.2) is 140 Å². The van der Waals surface area contributed by atoms with Crippen molar-refractivity contribution in [3.8, 4) is 0 Å². The number of aliphatic hydroxyl groups is 8. The summed E-state index contributed by atoms with van der Waals surface area (Å²) < 4.78 is 22.6. The van der Waals surface area contributed by atoms with Crippen LogP contribution in [0.2, 0.25) is 0 Å². The van der Waals surface area contributed by atoms with Gasteiger partial charge in [0.1, 0.15) is 48.8 Å². The van der Waals surface area contributed by atoms with E-state index in [1.54, 1.807) is 6.08 Å². The molecule has 0 aromatic heterocycles. The molecule has 14 nitrogen and oxygen atoms in total. The van der Waals surface area contributed by atoms with E-state index in [4.69, 9.17) is 18.9 Å². The van der Waals surface area contributed by atoms with Crippen molar-refractivity contribution in [3.63, 3.8) is 0 Å². The fourth-order valence-corrected chi connectivity index (χ4v) is 7.95. The Morgan fingerprint density at radius 2 is 1.02 bits per heavy atom. The number of amides is 1. The summed E-state index contributed by atoms with van der Waals surface area (Å²) in [6.07, 6.45) is 23.4. The molecule has 0 aromatic rings. The summed E-state index contributed by atoms with van der Waals surface area (Å²) >= 11 is 0. The number of allylic oxidation sites excluding steroid dienone is 5. The van der Waals surface area contributed by atoms with E-state index in [2.05, 4.69) is 43.5 Å². The van der Waals surface area contributed by atoms with Crippen LogP contribution in [0.25, 0.3) is 0 Å². The standard InChI is InChI=1S/C49H89NO13/c1-3-5-7-9-11-13-15-16-17-18-19-20-21-23-25-27-29-31-33-41(54)50-37(38(53)32-30-28-26-24-22-14-12-10-8-6-4-2)36-60-48-46(59)44(57)47(40(35-52)62-48)63-49-45(58)43(56)42(55)39(34-51)61-49/h17-18,22,24,30,32,37-40,42-49,51-53,55-59H,3-16,19-21,23,25-29,31,33-36H2,1-2H3,(H,50,54)/b18-17-,24-22+,32-30+. The number of rotatable bonds is 37. The molecule has 0 aromatic carbocycles. The normalized spacial score (nSPS) is 27.8. The molecule has 12 unspecified atom stereocenters. The van der Waals surface area contributed by atoms with Crippen molar-refractivity contribution in [2.45, 2.75) is 248 Å². The smallest absolute Gasteiger partial charge is 0.220 e. The van der Waals surface area contributed by atoms with Gasteiger partial charge in [0.05, 0.1) is 32.0 Å². The molecule has 14 heteroatoms. The van der Waals surface area contributed by atoms with Crippen LogP contribution < -0.4 is 5.32 Å². The SMILES string of the molecule is CCCCCCC/C=C/CC/C=C/C(O)C(COC1OC(CO)C(OC2OC(CO)C(O)C(O)C2O)C(O)C1O)NC(=O)CCCCCCCCC/C=C\CCCCCCCCC. The first-order valence-electron chi connectivity index (χ1n) is 24.7. The zero-order valence-electron chi connectivity index (χ0n) is 38.8. The first-order valence-corrected chi connectivity index (χ1v) is 24.7. The average molecular weight is 900 g/mol. The molecule has 368 valence electrons. The minimum atomic E-state index is -1.79. The van der Waals surface area contributed by atoms with Gasteiger partial charge < -0.3 is 65.1 Å². The molecule has 2 fully saturated rings. The highest BCUT2D eigenvalue weighted by Crippen LogP contribution is 2.30. The number of aliphatic hydroxyl groups excluding tert-OH is 8. The number of ether oxygens (including phenoxy) is 4. The summed E-state index contributed by atoms with van der Waals surface area (Å²) in [7, 11) is 0. The van der Waals surface area contributed by atoms with Gasteiger partial charge in [0, 0.05) is 6.42 Å². The number of hydrogen-bond acceptors (Lipinski definition) is 13. The van der Waals surface area contributed by atoms with Gasteiger partial charge in [-0.2, -0.15) is 0 Å². The van der Waals surface area contributed by atoms with Crippen molar-refractivity contribution in [1.82, 2.24) is 5.32 Å². The summed E-state index contributed by atoms with van der Waals surface area (Å²) in [6.45, 7) is 2.72. The highest BCUT2D eigenvalue weighted by atomic mass is 16.7. The molecule has 0 radical (unpaired) electrons. The number of nitrogens with one attached hydrogen (secondary N) is 1. The molecule has 2 aliphatic rings. The van der Waals surface area contributed by atoms with Crippen molar-refractivity contribution in [2.24, 2.45) is 0 Å². The highest BCUT2D eigenvalue weighted by Gasteiger charge is 2.51. The topological polar surface area (TPSA) is 228 Å². The Kier molecular flexibility index (Phi) is 33.1. The van der Waals surface area contributed by atoms with E-state index in [9.17, 15) is 45.6 Å². The van der Waals surface area contributed by atoms with Gasteiger partial charge in [0.2, 0.25) is 5.91 Å². The zero-order chi connectivity index (χ0) is 46.1. The Labute approximate surface area is 379 Å². The van der Waals surface area contributed by atoms with Crippen molar-refractivity contribution < 1.29 is 64.6 Å². The van der Waals surface area contributed by atoms with E-state index in [1.807, 2.05) is 6.08 Å². The lowest BCUT2D eigenvalue weighted by atomic mass is 9.97. The van der Waals surface area contributed by atoms with E-state index in [0.717, 1.165) is 38.5 Å². The van der Waals surface area contributed by atoms with Crippen LogP contribution in [0.3, 0.4) is 0 Å². The third kappa shape index (κ3) is 24.0. The van der Waals surface area contributed by atoms with Gasteiger partial charge in [-0.3, -0.25) is 4.79 Å². The van der Waals surface area contributed by atoms with Crippen molar-refractivity contribution in [1.29, 1.82) is 0 Å². The molecule has 2 saturated heterocycles. The molecule has 2 rings (SSSR count). The van der Waals surface area contributed by atoms with Gasteiger partial charge in [-0.15, -0.1) is 0 Å². The molecule has 9 N–H and O–H groups in total. The number of unbranched alkanes of at least 4 members (excludes halogenated alkanes) is 20. The van der Waals surface area contributed by atoms with Crippen LogP contribution in [0.4, 0.5) is 0 Å². The quantitative estimate of drug-likeness (QED) is 0.0261. The van der Waals surface area contributed by atoms with Gasteiger partial charge in [-0.25, -0.2) is 0 Å². The molecule has 1 amide bonds. The predicted octanol–water partition coefficient (Wildman–Crippen LogP) is 5.93. The fraction of sp³-hybridized carbons (Fsp3) is 0.857. The average Bonchev–Trinajstić information content (AvgIpc) is 3.28. The molecule has 2 aliphatic heterocycles. The Morgan fingerprint density at radius 3 is 1.56 bits per heavy atom. The third-order valence-electron chi connectivity index (χ3n) is 12.0. The molecule has 2 heterocycles. The summed E-state index contributed by atoms with van der Waals surface area (Å²) in [6, 6.07) is -0.930. The van der Waals surface area contributed by atoms with Crippen LogP contribution in [-0.2, 0) is 23.7 Å². The van der Waals surface area contributed by atoms with E-state index >= 15 is 0 Å². The predicted molar refractivity (Wildman–Crippen MR) is 244 cm³/mol. The minimum Gasteiger partial charge on any atom is -0.394 e. The maximum Gasteiger partial charge on any atom is 0.220 e. The fourth-order valence-electron chi connectivity index (χ4n) is 7.95. The van der Waals surface area contributed by atoms with Gasteiger partial charge in [0.25, 0.3) is 0 Å². The largest absolute Gasteiger partial charge is 0.394 e. The Morgan fingerprint density at radius 1 is 0.556 bits per heavy atom. The van der Waals surface area contributed by atoms with E-state index in [0.29, 0.717) is 12.8 Å². The van der Waals surface area contributed by atoms with Gasteiger partial charge >= 0.3 is 0 Å². The molecule has 63 heavy (non-hydrogen) atoms. The summed E-state index contributed by atoms with van der Waals surface area (Å²) in [5.41, 5.74) is 0. The number of carbonyl (C=O) groups excluding carboxylic acids is 1. The lowest BCUT2D eigenvalue weighted by Gasteiger charge is -2.46. The maximum absolute atomic E-state index is 13.1. The lowest BCUT2D eigenvalue weighted by Crippen LogP contribution is -2.65. The van der Waals surface area contributed by atoms with Crippen molar-refractivity contribution >= 4 is 5.91 Å². The van der Waals surface area contributed by atoms with Crippen LogP contribution >= 0.6 is 0 Å². The highest BCUT2D eigenvalue weighted by molar-refractivity contribution is 5.76. The lowest BCUT2D eigenvalue weighted by molar-refractivity contribution is -0.359. The molecule has 0 saturated carbocycles. The summed E-state index contributed by atoms with van der Waals surface area (Å²) in [4.78, 5) is 13.1. The monoisotopic (exact) mass is 900 g/mol. The molecule has 0 bridgehead atoms. The van der Waals surface area contributed by atoms with E-state index < -0.39 is 86.8 Å². The Hall–Kier alpha value is -1.79. The number of carbonyl (C=O) groups is 1. The van der Waals surface area contributed by atoms with Crippen molar-refractivity contribution in [3.05, 3.63) is 36.5 Å².